The number of phosphoric ester groups is 1. The summed E-state index contributed by atoms with van der Waals surface area (Å²) in [7, 11) is -4.28. The first-order valence-corrected chi connectivity index (χ1v) is 13.7. The lowest BCUT2D eigenvalue weighted by atomic mass is 10.2. The Morgan fingerprint density at radius 2 is 1.18 bits per heavy atom. The predicted molar refractivity (Wildman–Crippen MR) is 142 cm³/mol. The van der Waals surface area contributed by atoms with E-state index < -0.39 is 38.6 Å². The van der Waals surface area contributed by atoms with E-state index in [1.165, 1.54) is 6.92 Å². The van der Waals surface area contributed by atoms with Crippen LogP contribution < -0.4 is 5.32 Å². The molecule has 0 saturated carbocycles. The molecule has 0 aliphatic rings. The van der Waals surface area contributed by atoms with Crippen molar-refractivity contribution in [3.8, 4) is 0 Å². The number of ether oxygens (including phenoxy) is 2. The maximum Gasteiger partial charge on any atom is 0.475 e. The molecule has 39 heavy (non-hydrogen) atoms. The molecule has 0 spiro atoms. The van der Waals surface area contributed by atoms with Gasteiger partial charge in [-0.2, -0.15) is 0 Å². The summed E-state index contributed by atoms with van der Waals surface area (Å²) in [5.41, 5.74) is 2.18. The normalized spacial score (nSPS) is 14.0. The second kappa shape index (κ2) is 15.8. The smallest absolute Gasteiger partial charge is 0.459 e. The highest BCUT2D eigenvalue weighted by Gasteiger charge is 2.32. The van der Waals surface area contributed by atoms with Crippen LogP contribution in [-0.2, 0) is 52.2 Å². The van der Waals surface area contributed by atoms with E-state index in [4.69, 9.17) is 23.0 Å². The molecular weight excluding hydrogens is 525 g/mol. The number of carbonyl (C=O) groups excluding carboxylic acids is 2. The minimum atomic E-state index is -4.28. The average Bonchev–Trinajstić information content (AvgIpc) is 2.96. The summed E-state index contributed by atoms with van der Waals surface area (Å²) >= 11 is 0. The lowest BCUT2D eigenvalue weighted by molar-refractivity contribution is -0.148. The van der Waals surface area contributed by atoms with Crippen LogP contribution in [0.25, 0.3) is 0 Å². The SMILES string of the molecule is C[C@@H](O)COP(=O)(OCc1ccccc1)OC[C@H](NC(=O)OCc1ccccc1)C(=O)OCc1ccccc1. The van der Waals surface area contributed by atoms with Gasteiger partial charge in [-0.15, -0.1) is 0 Å². The van der Waals surface area contributed by atoms with Crippen molar-refractivity contribution in [3.63, 3.8) is 0 Å². The van der Waals surface area contributed by atoms with Crippen LogP contribution in [0.15, 0.2) is 91.0 Å². The van der Waals surface area contributed by atoms with Gasteiger partial charge < -0.3 is 19.9 Å². The Bertz CT molecular complexity index is 1190. The number of aliphatic hydroxyl groups is 1. The van der Waals surface area contributed by atoms with Gasteiger partial charge in [0.1, 0.15) is 13.2 Å². The van der Waals surface area contributed by atoms with Gasteiger partial charge in [0.15, 0.2) is 6.04 Å². The summed E-state index contributed by atoms with van der Waals surface area (Å²) in [6, 6.07) is 25.4. The molecule has 0 heterocycles. The van der Waals surface area contributed by atoms with E-state index in [1.807, 2.05) is 18.2 Å². The van der Waals surface area contributed by atoms with Gasteiger partial charge in [-0.25, -0.2) is 14.2 Å². The third-order valence-corrected chi connectivity index (χ3v) is 6.49. The summed E-state index contributed by atoms with van der Waals surface area (Å²) in [6.45, 7) is 0.276. The zero-order chi connectivity index (χ0) is 27.9. The van der Waals surface area contributed by atoms with E-state index in [0.29, 0.717) is 5.56 Å². The van der Waals surface area contributed by atoms with E-state index in [-0.39, 0.29) is 26.4 Å². The molecule has 1 unspecified atom stereocenters. The number of hydrogen-bond donors (Lipinski definition) is 2. The number of benzene rings is 3. The Labute approximate surface area is 227 Å². The zero-order valence-electron chi connectivity index (χ0n) is 21.5. The Balaban J connectivity index is 1.66. The number of phosphoric acid groups is 1. The molecule has 2 N–H and O–H groups in total. The molecular formula is C28H32NO9P. The van der Waals surface area contributed by atoms with Gasteiger partial charge in [-0.3, -0.25) is 13.6 Å². The molecule has 3 aromatic rings. The number of alkyl carbamates (subject to hydrolysis) is 1. The van der Waals surface area contributed by atoms with E-state index in [2.05, 4.69) is 5.32 Å². The van der Waals surface area contributed by atoms with Crippen molar-refractivity contribution in [1.29, 1.82) is 0 Å². The number of carbonyl (C=O) groups is 2. The molecule has 3 rings (SSSR count). The van der Waals surface area contributed by atoms with Gasteiger partial charge >= 0.3 is 19.9 Å². The van der Waals surface area contributed by atoms with Crippen LogP contribution in [0.2, 0.25) is 0 Å². The number of aliphatic hydroxyl groups excluding tert-OH is 1. The monoisotopic (exact) mass is 557 g/mol. The number of rotatable bonds is 15. The number of amides is 1. The van der Waals surface area contributed by atoms with Crippen LogP contribution in [0, 0.1) is 0 Å². The molecule has 208 valence electrons. The molecule has 11 heteroatoms. The van der Waals surface area contributed by atoms with Crippen molar-refractivity contribution in [3.05, 3.63) is 108 Å². The predicted octanol–water partition coefficient (Wildman–Crippen LogP) is 4.76. The second-order valence-corrected chi connectivity index (χ2v) is 10.2. The van der Waals surface area contributed by atoms with E-state index in [9.17, 15) is 19.3 Å². The zero-order valence-corrected chi connectivity index (χ0v) is 22.4. The van der Waals surface area contributed by atoms with Crippen LogP contribution in [0.3, 0.4) is 0 Å². The quantitative estimate of drug-likeness (QED) is 0.201. The van der Waals surface area contributed by atoms with Crippen molar-refractivity contribution >= 4 is 19.9 Å². The molecule has 3 atom stereocenters. The maximum atomic E-state index is 13.3. The molecule has 0 aliphatic carbocycles. The highest BCUT2D eigenvalue weighted by atomic mass is 31.2. The average molecular weight is 558 g/mol. The first kappa shape index (κ1) is 30.0. The van der Waals surface area contributed by atoms with E-state index >= 15 is 0 Å². The fourth-order valence-electron chi connectivity index (χ4n) is 3.11. The van der Waals surface area contributed by atoms with Crippen LogP contribution >= 0.6 is 7.82 Å². The first-order chi connectivity index (χ1) is 18.8. The summed E-state index contributed by atoms with van der Waals surface area (Å²) < 4.78 is 40.0. The van der Waals surface area contributed by atoms with E-state index in [0.717, 1.165) is 11.1 Å². The standard InChI is InChI=1S/C28H32NO9P/c1-22(30)17-36-39(33,37-20-25-15-9-4-10-16-25)38-21-26(27(31)34-18-23-11-5-2-6-12-23)29-28(32)35-19-24-13-7-3-8-14-24/h2-16,22,26,30H,17-21H2,1H3,(H,29,32)/t22-,26+,39?/m1/s1. The fraction of sp³-hybridized carbons (Fsp3) is 0.286. The molecule has 1 amide bonds. The topological polar surface area (TPSA) is 130 Å². The Kier molecular flexibility index (Phi) is 12.1. The van der Waals surface area contributed by atoms with Gasteiger partial charge in [0.05, 0.1) is 25.9 Å². The van der Waals surface area contributed by atoms with Crippen molar-refractivity contribution in [2.45, 2.75) is 38.9 Å². The third kappa shape index (κ3) is 11.4. The van der Waals surface area contributed by atoms with E-state index in [1.54, 1.807) is 72.8 Å². The van der Waals surface area contributed by atoms with Gasteiger partial charge in [0, 0.05) is 0 Å². The summed E-state index contributed by atoms with van der Waals surface area (Å²) in [5.74, 6) is -0.847. The molecule has 0 fully saturated rings. The molecule has 3 aromatic carbocycles. The molecule has 0 saturated heterocycles. The summed E-state index contributed by atoms with van der Waals surface area (Å²) in [6.07, 6.45) is -1.87. The Morgan fingerprint density at radius 1 is 0.718 bits per heavy atom. The molecule has 10 nitrogen and oxygen atoms in total. The summed E-state index contributed by atoms with van der Waals surface area (Å²) in [5, 5.41) is 12.0. The maximum absolute atomic E-state index is 13.3. The summed E-state index contributed by atoms with van der Waals surface area (Å²) in [4.78, 5) is 25.4. The molecule has 0 radical (unpaired) electrons. The van der Waals surface area contributed by atoms with Gasteiger partial charge in [0.2, 0.25) is 0 Å². The highest BCUT2D eigenvalue weighted by Crippen LogP contribution is 2.50. The van der Waals surface area contributed by atoms with Gasteiger partial charge in [0.25, 0.3) is 0 Å². The van der Waals surface area contributed by atoms with Crippen LogP contribution in [0.1, 0.15) is 23.6 Å². The van der Waals surface area contributed by atoms with Crippen molar-refractivity contribution in [1.82, 2.24) is 5.32 Å². The van der Waals surface area contributed by atoms with Crippen LogP contribution in [0.5, 0.6) is 0 Å². The first-order valence-electron chi connectivity index (χ1n) is 12.3. The number of nitrogens with one attached hydrogen (secondary N) is 1. The number of hydrogen-bond acceptors (Lipinski definition) is 9. The molecule has 0 aliphatic heterocycles. The Hall–Kier alpha value is -3.53. The molecule has 0 bridgehead atoms. The fourth-order valence-corrected chi connectivity index (χ4v) is 4.37. The highest BCUT2D eigenvalue weighted by molar-refractivity contribution is 7.48. The molecule has 0 aromatic heterocycles. The lowest BCUT2D eigenvalue weighted by Crippen LogP contribution is -2.45. The third-order valence-electron chi connectivity index (χ3n) is 5.12. The van der Waals surface area contributed by atoms with Gasteiger partial charge in [-0.05, 0) is 23.6 Å². The second-order valence-electron chi connectivity index (χ2n) is 8.50. The number of esters is 1. The van der Waals surface area contributed by atoms with Crippen molar-refractivity contribution < 1.29 is 42.3 Å². The minimum Gasteiger partial charge on any atom is -0.459 e. The Morgan fingerprint density at radius 3 is 1.69 bits per heavy atom. The van der Waals surface area contributed by atoms with Gasteiger partial charge in [-0.1, -0.05) is 91.0 Å². The van der Waals surface area contributed by atoms with Crippen molar-refractivity contribution in [2.75, 3.05) is 13.2 Å². The van der Waals surface area contributed by atoms with Crippen LogP contribution in [0.4, 0.5) is 4.79 Å². The van der Waals surface area contributed by atoms with Crippen LogP contribution in [-0.4, -0.2) is 42.5 Å². The lowest BCUT2D eigenvalue weighted by Gasteiger charge is -2.22. The minimum absolute atomic E-state index is 0.0322. The van der Waals surface area contributed by atoms with Crippen molar-refractivity contribution in [2.24, 2.45) is 0 Å². The largest absolute Gasteiger partial charge is 0.475 e.